The lowest BCUT2D eigenvalue weighted by Gasteiger charge is -2.31. The SMILES string of the molecule is CC1CCCC(C)C1C.NC=O.Nc1ccnc(=S)[nH]1. The number of nitrogens with one attached hydrogen (secondary N) is 1. The number of anilines is 1. The first kappa shape index (κ1) is 18.6. The van der Waals surface area contributed by atoms with E-state index in [1.807, 2.05) is 0 Å². The van der Waals surface area contributed by atoms with Crippen molar-refractivity contribution in [1.82, 2.24) is 9.97 Å². The predicted molar refractivity (Wildman–Crippen MR) is 85.4 cm³/mol. The van der Waals surface area contributed by atoms with Gasteiger partial charge in [-0.1, -0.05) is 40.0 Å². The summed E-state index contributed by atoms with van der Waals surface area (Å²) < 4.78 is 0.421. The molecule has 0 radical (unpaired) electrons. The molecular formula is C14H26N4OS. The monoisotopic (exact) mass is 298 g/mol. The Morgan fingerprint density at radius 3 is 2.15 bits per heavy atom. The van der Waals surface area contributed by atoms with E-state index >= 15 is 0 Å². The summed E-state index contributed by atoms with van der Waals surface area (Å²) in [7, 11) is 0. The van der Waals surface area contributed by atoms with Crippen LogP contribution in [0.3, 0.4) is 0 Å². The van der Waals surface area contributed by atoms with Gasteiger partial charge in [0.25, 0.3) is 0 Å². The van der Waals surface area contributed by atoms with E-state index in [2.05, 4.69) is 48.7 Å². The molecule has 2 atom stereocenters. The molecule has 114 valence electrons. The Kier molecular flexibility index (Phi) is 9.63. The van der Waals surface area contributed by atoms with Gasteiger partial charge in [0.1, 0.15) is 5.82 Å². The van der Waals surface area contributed by atoms with Crippen LogP contribution in [0, 0.1) is 22.5 Å². The zero-order chi connectivity index (χ0) is 15.5. The molecule has 0 aliphatic heterocycles. The van der Waals surface area contributed by atoms with Crippen LogP contribution >= 0.6 is 12.2 Å². The van der Waals surface area contributed by atoms with Crippen molar-refractivity contribution in [2.75, 3.05) is 5.73 Å². The number of H-pyrrole nitrogens is 1. The summed E-state index contributed by atoms with van der Waals surface area (Å²) >= 11 is 4.65. The molecule has 0 spiro atoms. The molecule has 1 aromatic heterocycles. The van der Waals surface area contributed by atoms with E-state index in [1.54, 1.807) is 12.3 Å². The van der Waals surface area contributed by atoms with E-state index in [4.69, 9.17) is 10.5 Å². The number of carbonyl (C=O) groups excluding carboxylic acids is 1. The third kappa shape index (κ3) is 7.89. The van der Waals surface area contributed by atoms with Crippen molar-refractivity contribution in [3.63, 3.8) is 0 Å². The summed E-state index contributed by atoms with van der Waals surface area (Å²) in [5, 5.41) is 0. The van der Waals surface area contributed by atoms with Crippen LogP contribution in [0.15, 0.2) is 12.3 Å². The second-order valence-electron chi connectivity index (χ2n) is 5.21. The number of carbonyl (C=O) groups is 1. The number of nitrogens with two attached hydrogens (primary N) is 2. The Hall–Kier alpha value is -1.43. The lowest BCUT2D eigenvalue weighted by molar-refractivity contribution is -0.106. The van der Waals surface area contributed by atoms with Crippen molar-refractivity contribution >= 4 is 24.4 Å². The first-order chi connectivity index (χ1) is 9.42. The average Bonchev–Trinajstić information content (AvgIpc) is 2.37. The fraction of sp³-hybridized carbons (Fsp3) is 0.643. The van der Waals surface area contributed by atoms with E-state index in [1.165, 1.54) is 19.3 Å². The van der Waals surface area contributed by atoms with E-state index in [9.17, 15) is 0 Å². The zero-order valence-corrected chi connectivity index (χ0v) is 13.3. The Labute approximate surface area is 126 Å². The van der Waals surface area contributed by atoms with Crippen LogP contribution in [0.2, 0.25) is 0 Å². The molecule has 2 rings (SSSR count). The Morgan fingerprint density at radius 1 is 1.35 bits per heavy atom. The van der Waals surface area contributed by atoms with Crippen molar-refractivity contribution in [1.29, 1.82) is 0 Å². The largest absolute Gasteiger partial charge is 0.385 e. The molecule has 20 heavy (non-hydrogen) atoms. The number of aromatic amines is 1. The van der Waals surface area contributed by atoms with Gasteiger partial charge in [0, 0.05) is 6.20 Å². The predicted octanol–water partition coefficient (Wildman–Crippen LogP) is 2.90. The molecular weight excluding hydrogens is 272 g/mol. The smallest absolute Gasteiger partial charge is 0.204 e. The van der Waals surface area contributed by atoms with Crippen molar-refractivity contribution in [2.45, 2.75) is 40.0 Å². The minimum Gasteiger partial charge on any atom is -0.385 e. The molecule has 5 N–H and O–H groups in total. The topological polar surface area (TPSA) is 97.8 Å². The molecule has 1 aliphatic rings. The van der Waals surface area contributed by atoms with Crippen LogP contribution in [-0.4, -0.2) is 16.4 Å². The summed E-state index contributed by atoms with van der Waals surface area (Å²) in [6, 6.07) is 1.65. The molecule has 5 nitrogen and oxygen atoms in total. The number of nitrogen functional groups attached to an aromatic ring is 1. The van der Waals surface area contributed by atoms with Gasteiger partial charge in [0.05, 0.1) is 0 Å². The number of hydrogen-bond acceptors (Lipinski definition) is 4. The number of aromatic nitrogens is 2. The maximum atomic E-state index is 8.58. The minimum absolute atomic E-state index is 0.250. The lowest BCUT2D eigenvalue weighted by atomic mass is 9.75. The van der Waals surface area contributed by atoms with E-state index < -0.39 is 0 Å². The standard InChI is InChI=1S/C9H18.C4H5N3S.CH3NO/c1-7-5-4-6-8(2)9(7)3;5-3-1-2-6-4(8)7-3;2-1-3/h7-9H,4-6H2,1-3H3;1-2H,(H3,5,6,7,8);1H,(H2,2,3). The van der Waals surface area contributed by atoms with Gasteiger partial charge in [-0.3, -0.25) is 4.79 Å². The highest BCUT2D eigenvalue weighted by atomic mass is 32.1. The van der Waals surface area contributed by atoms with E-state index in [0.717, 1.165) is 17.8 Å². The van der Waals surface area contributed by atoms with Gasteiger partial charge in [0.15, 0.2) is 4.77 Å². The molecule has 1 saturated carbocycles. The Balaban J connectivity index is 0.000000304. The van der Waals surface area contributed by atoms with Crippen LogP contribution in [0.5, 0.6) is 0 Å². The number of rotatable bonds is 0. The molecule has 2 unspecified atom stereocenters. The number of amides is 1. The molecule has 1 aliphatic carbocycles. The average molecular weight is 298 g/mol. The van der Waals surface area contributed by atoms with Crippen LogP contribution in [0.1, 0.15) is 40.0 Å². The maximum Gasteiger partial charge on any atom is 0.204 e. The van der Waals surface area contributed by atoms with Gasteiger partial charge in [-0.2, -0.15) is 0 Å². The van der Waals surface area contributed by atoms with Crippen LogP contribution in [-0.2, 0) is 4.79 Å². The first-order valence-electron chi connectivity index (χ1n) is 6.88. The van der Waals surface area contributed by atoms with Crippen LogP contribution < -0.4 is 11.5 Å². The molecule has 1 amide bonds. The summed E-state index contributed by atoms with van der Waals surface area (Å²) in [6.07, 6.45) is 6.21. The summed E-state index contributed by atoms with van der Waals surface area (Å²) in [5.41, 5.74) is 9.46. The fourth-order valence-corrected chi connectivity index (χ4v) is 2.41. The lowest BCUT2D eigenvalue weighted by Crippen LogP contribution is -2.21. The highest BCUT2D eigenvalue weighted by molar-refractivity contribution is 7.71. The second kappa shape index (κ2) is 10.4. The van der Waals surface area contributed by atoms with Gasteiger partial charge < -0.3 is 16.5 Å². The van der Waals surface area contributed by atoms with Crippen molar-refractivity contribution < 1.29 is 4.79 Å². The van der Waals surface area contributed by atoms with Gasteiger partial charge in [0.2, 0.25) is 6.41 Å². The van der Waals surface area contributed by atoms with Crippen molar-refractivity contribution in [3.05, 3.63) is 17.0 Å². The molecule has 0 bridgehead atoms. The zero-order valence-electron chi connectivity index (χ0n) is 12.5. The molecule has 1 aromatic rings. The molecule has 0 saturated heterocycles. The van der Waals surface area contributed by atoms with E-state index in [-0.39, 0.29) is 6.41 Å². The second-order valence-corrected chi connectivity index (χ2v) is 5.60. The first-order valence-corrected chi connectivity index (χ1v) is 7.29. The quantitative estimate of drug-likeness (QED) is 0.506. The van der Waals surface area contributed by atoms with Crippen molar-refractivity contribution in [2.24, 2.45) is 23.5 Å². The molecule has 1 heterocycles. The summed E-state index contributed by atoms with van der Waals surface area (Å²) in [6.45, 7) is 7.18. The number of nitrogens with zero attached hydrogens (tertiary/aromatic N) is 1. The highest BCUT2D eigenvalue weighted by Crippen LogP contribution is 2.33. The van der Waals surface area contributed by atoms with Gasteiger partial charge in [-0.05, 0) is 36.0 Å². The normalized spacial score (nSPS) is 24.4. The number of hydrogen-bond donors (Lipinski definition) is 3. The minimum atomic E-state index is 0.250. The summed E-state index contributed by atoms with van der Waals surface area (Å²) in [4.78, 5) is 15.0. The molecule has 0 aromatic carbocycles. The van der Waals surface area contributed by atoms with E-state index in [0.29, 0.717) is 10.6 Å². The van der Waals surface area contributed by atoms with Gasteiger partial charge in [-0.15, -0.1) is 0 Å². The van der Waals surface area contributed by atoms with Gasteiger partial charge in [-0.25, -0.2) is 4.98 Å². The Morgan fingerprint density at radius 2 is 1.85 bits per heavy atom. The van der Waals surface area contributed by atoms with Crippen LogP contribution in [0.25, 0.3) is 0 Å². The van der Waals surface area contributed by atoms with Crippen LogP contribution in [0.4, 0.5) is 5.82 Å². The highest BCUT2D eigenvalue weighted by Gasteiger charge is 2.22. The molecule has 1 fully saturated rings. The van der Waals surface area contributed by atoms with Gasteiger partial charge >= 0.3 is 0 Å². The molecule has 6 heteroatoms. The number of primary amides is 1. The maximum absolute atomic E-state index is 8.58. The summed E-state index contributed by atoms with van der Waals surface area (Å²) in [5.74, 6) is 3.48. The van der Waals surface area contributed by atoms with Crippen molar-refractivity contribution in [3.8, 4) is 0 Å². The third-order valence-electron chi connectivity index (χ3n) is 3.81. The Bertz CT molecular complexity index is 425. The third-order valence-corrected chi connectivity index (χ3v) is 4.02. The fourth-order valence-electron chi connectivity index (χ4n) is 2.23.